The maximum Gasteiger partial charge on any atom is 0.352 e. The molecular weight excluding hydrogens is 454 g/mol. The van der Waals surface area contributed by atoms with Gasteiger partial charge in [-0.15, -0.1) is 0 Å². The van der Waals surface area contributed by atoms with Gasteiger partial charge in [-0.25, -0.2) is 23.5 Å². The van der Waals surface area contributed by atoms with Gasteiger partial charge in [-0.1, -0.05) is 11.6 Å². The van der Waals surface area contributed by atoms with Gasteiger partial charge in [0.2, 0.25) is 0 Å². The first kappa shape index (κ1) is 21.9. The van der Waals surface area contributed by atoms with Crippen LogP contribution in [0.3, 0.4) is 0 Å². The maximum absolute atomic E-state index is 14.5. The molecule has 172 valence electrons. The van der Waals surface area contributed by atoms with Crippen LogP contribution in [0.5, 0.6) is 0 Å². The molecule has 5 rings (SSSR count). The van der Waals surface area contributed by atoms with E-state index in [4.69, 9.17) is 16.3 Å². The van der Waals surface area contributed by atoms with Crippen molar-refractivity contribution in [2.75, 3.05) is 13.1 Å². The van der Waals surface area contributed by atoms with Gasteiger partial charge in [0, 0.05) is 36.4 Å². The second-order valence-corrected chi connectivity index (χ2v) is 8.81. The third-order valence-corrected chi connectivity index (χ3v) is 5.92. The average molecular weight is 475 g/mol. The number of fused-ring (bicyclic) bond motifs is 3. The molecule has 33 heavy (non-hydrogen) atoms. The molecule has 0 aliphatic carbocycles. The van der Waals surface area contributed by atoms with Gasteiger partial charge in [-0.2, -0.15) is 9.61 Å². The summed E-state index contributed by atoms with van der Waals surface area (Å²) >= 11 is 5.74. The smallest absolute Gasteiger partial charge is 0.352 e. The van der Waals surface area contributed by atoms with Gasteiger partial charge in [0.25, 0.3) is 0 Å². The zero-order chi connectivity index (χ0) is 23.3. The Kier molecular flexibility index (Phi) is 5.59. The standard InChI is InChI=1S/C22H21ClF2N6O2/c1-12-7-29(8-13(2)33-12)9-14-3-16-20(26-6-14)30(22(32)31-21(16)27-11-28-31)10-17-18(24)4-15(23)5-19(17)25/h3-6,11-13H,7-10H2,1-2H3. The summed E-state index contributed by atoms with van der Waals surface area (Å²) in [5.74, 6) is -1.68. The first-order valence-electron chi connectivity index (χ1n) is 10.5. The van der Waals surface area contributed by atoms with E-state index in [0.717, 1.165) is 35.3 Å². The highest BCUT2D eigenvalue weighted by Crippen LogP contribution is 2.23. The van der Waals surface area contributed by atoms with Crippen molar-refractivity contribution in [3.05, 3.63) is 69.0 Å². The Balaban J connectivity index is 1.60. The minimum Gasteiger partial charge on any atom is -0.373 e. The van der Waals surface area contributed by atoms with E-state index in [9.17, 15) is 13.6 Å². The monoisotopic (exact) mass is 474 g/mol. The van der Waals surface area contributed by atoms with Gasteiger partial charge >= 0.3 is 5.69 Å². The van der Waals surface area contributed by atoms with E-state index in [1.165, 1.54) is 10.9 Å². The lowest BCUT2D eigenvalue weighted by atomic mass is 10.1. The molecule has 3 aromatic heterocycles. The molecule has 1 aliphatic heterocycles. The lowest BCUT2D eigenvalue weighted by molar-refractivity contribution is -0.0705. The zero-order valence-electron chi connectivity index (χ0n) is 18.0. The number of rotatable bonds is 4. The molecule has 0 spiro atoms. The number of morpholine rings is 1. The Morgan fingerprint density at radius 2 is 1.76 bits per heavy atom. The number of pyridine rings is 1. The molecule has 4 heterocycles. The number of benzene rings is 1. The minimum absolute atomic E-state index is 0.0628. The third kappa shape index (κ3) is 4.09. The predicted octanol–water partition coefficient (Wildman–Crippen LogP) is 3.03. The number of hydrogen-bond donors (Lipinski definition) is 0. The Morgan fingerprint density at radius 3 is 2.45 bits per heavy atom. The normalized spacial score (nSPS) is 19.5. The quantitative estimate of drug-likeness (QED) is 0.452. The summed E-state index contributed by atoms with van der Waals surface area (Å²) in [6.07, 6.45) is 3.19. The number of ether oxygens (including phenoxy) is 1. The molecule has 2 unspecified atom stereocenters. The molecule has 1 aliphatic rings. The van der Waals surface area contributed by atoms with Crippen LogP contribution in [0.15, 0.2) is 35.5 Å². The molecule has 11 heteroatoms. The Morgan fingerprint density at radius 1 is 1.06 bits per heavy atom. The van der Waals surface area contributed by atoms with Crippen molar-refractivity contribution < 1.29 is 13.5 Å². The van der Waals surface area contributed by atoms with E-state index in [-0.39, 0.29) is 35.0 Å². The first-order valence-corrected chi connectivity index (χ1v) is 10.9. The molecule has 4 aromatic rings. The van der Waals surface area contributed by atoms with E-state index < -0.39 is 17.3 Å². The molecule has 1 fully saturated rings. The van der Waals surface area contributed by atoms with Crippen molar-refractivity contribution in [3.63, 3.8) is 0 Å². The van der Waals surface area contributed by atoms with Crippen LogP contribution in [0.25, 0.3) is 16.7 Å². The molecule has 0 saturated carbocycles. The fraction of sp³-hybridized carbons (Fsp3) is 0.364. The summed E-state index contributed by atoms with van der Waals surface area (Å²) in [4.78, 5) is 24.1. The lowest BCUT2D eigenvalue weighted by Gasteiger charge is -2.35. The Bertz CT molecular complexity index is 1390. The number of nitrogens with zero attached hydrogens (tertiary/aromatic N) is 6. The van der Waals surface area contributed by atoms with Crippen LogP contribution < -0.4 is 5.69 Å². The van der Waals surface area contributed by atoms with Crippen LogP contribution in [0.2, 0.25) is 5.02 Å². The Hall–Kier alpha value is -2.95. The Labute approximate surface area is 192 Å². The lowest BCUT2D eigenvalue weighted by Crippen LogP contribution is -2.44. The highest BCUT2D eigenvalue weighted by Gasteiger charge is 2.23. The van der Waals surface area contributed by atoms with Crippen LogP contribution in [0.4, 0.5) is 8.78 Å². The number of halogens is 3. The highest BCUT2D eigenvalue weighted by atomic mass is 35.5. The molecule has 1 aromatic carbocycles. The van der Waals surface area contributed by atoms with Crippen molar-refractivity contribution in [1.29, 1.82) is 0 Å². The summed E-state index contributed by atoms with van der Waals surface area (Å²) < 4.78 is 37.0. The summed E-state index contributed by atoms with van der Waals surface area (Å²) in [5.41, 5.74) is 0.634. The molecule has 0 radical (unpaired) electrons. The molecule has 2 atom stereocenters. The highest BCUT2D eigenvalue weighted by molar-refractivity contribution is 6.30. The summed E-state index contributed by atoms with van der Waals surface area (Å²) in [5, 5.41) is 4.50. The van der Waals surface area contributed by atoms with E-state index in [0.29, 0.717) is 17.6 Å². The summed E-state index contributed by atoms with van der Waals surface area (Å²) in [6, 6.07) is 3.91. The predicted molar refractivity (Wildman–Crippen MR) is 118 cm³/mol. The van der Waals surface area contributed by atoms with E-state index in [1.54, 1.807) is 6.20 Å². The molecule has 0 N–H and O–H groups in total. The van der Waals surface area contributed by atoms with Crippen molar-refractivity contribution >= 4 is 28.3 Å². The van der Waals surface area contributed by atoms with Crippen LogP contribution in [-0.2, 0) is 17.8 Å². The van der Waals surface area contributed by atoms with Gasteiger partial charge in [0.05, 0.1) is 24.1 Å². The van der Waals surface area contributed by atoms with Gasteiger partial charge in [-0.3, -0.25) is 9.47 Å². The molecular formula is C22H21ClF2N6O2. The number of aromatic nitrogens is 5. The van der Waals surface area contributed by atoms with Gasteiger partial charge in [0.15, 0.2) is 5.65 Å². The minimum atomic E-state index is -0.842. The zero-order valence-corrected chi connectivity index (χ0v) is 18.8. The molecule has 8 nitrogen and oxygen atoms in total. The van der Waals surface area contributed by atoms with Gasteiger partial charge in [0.1, 0.15) is 23.6 Å². The third-order valence-electron chi connectivity index (χ3n) is 5.70. The molecule has 0 amide bonds. The summed E-state index contributed by atoms with van der Waals surface area (Å²) in [7, 11) is 0. The van der Waals surface area contributed by atoms with E-state index in [2.05, 4.69) is 20.0 Å². The van der Waals surface area contributed by atoms with Crippen LogP contribution >= 0.6 is 11.6 Å². The summed E-state index contributed by atoms with van der Waals surface area (Å²) in [6.45, 7) is 5.92. The first-order chi connectivity index (χ1) is 15.8. The maximum atomic E-state index is 14.5. The fourth-order valence-corrected chi connectivity index (χ4v) is 4.62. The second kappa shape index (κ2) is 8.44. The van der Waals surface area contributed by atoms with Crippen molar-refractivity contribution in [2.45, 2.75) is 39.1 Å². The average Bonchev–Trinajstić information content (AvgIpc) is 3.22. The molecule has 1 saturated heterocycles. The SMILES string of the molecule is CC1CN(Cc2cnc3c(c2)c2ncnn2c(=O)n3Cc2c(F)cc(Cl)cc2F)CC(C)O1. The second-order valence-electron chi connectivity index (χ2n) is 8.38. The van der Waals surface area contributed by atoms with Crippen molar-refractivity contribution in [1.82, 2.24) is 29.0 Å². The molecule has 0 bridgehead atoms. The van der Waals surface area contributed by atoms with E-state index >= 15 is 0 Å². The van der Waals surface area contributed by atoms with Gasteiger partial charge in [-0.05, 0) is 37.6 Å². The van der Waals surface area contributed by atoms with Crippen LogP contribution in [0, 0.1) is 11.6 Å². The van der Waals surface area contributed by atoms with Crippen LogP contribution in [-0.4, -0.2) is 54.3 Å². The number of hydrogen-bond acceptors (Lipinski definition) is 6. The van der Waals surface area contributed by atoms with Crippen molar-refractivity contribution in [3.8, 4) is 0 Å². The topological polar surface area (TPSA) is 77.6 Å². The van der Waals surface area contributed by atoms with Crippen LogP contribution in [0.1, 0.15) is 25.0 Å². The van der Waals surface area contributed by atoms with E-state index in [1.807, 2.05) is 19.9 Å². The van der Waals surface area contributed by atoms with Gasteiger partial charge < -0.3 is 4.74 Å². The van der Waals surface area contributed by atoms with Crippen molar-refractivity contribution in [2.24, 2.45) is 0 Å². The fourth-order valence-electron chi connectivity index (χ4n) is 4.43. The largest absolute Gasteiger partial charge is 0.373 e.